The van der Waals surface area contributed by atoms with E-state index in [1.54, 1.807) is 0 Å². The average Bonchev–Trinajstić information content (AvgIpc) is 2.82. The SMILES string of the molecule is CCC(C)NCC(=O)NCC1CCC(C(=O)O)O1. The highest BCUT2D eigenvalue weighted by molar-refractivity contribution is 5.78. The fraction of sp³-hybridized carbons (Fsp3) is 0.833. The molecule has 0 aromatic heterocycles. The molecule has 0 spiro atoms. The summed E-state index contributed by atoms with van der Waals surface area (Å²) >= 11 is 0. The third-order valence-corrected chi connectivity index (χ3v) is 3.13. The Bertz CT molecular complexity index is 296. The zero-order valence-electron chi connectivity index (χ0n) is 10.9. The van der Waals surface area contributed by atoms with E-state index in [4.69, 9.17) is 9.84 Å². The van der Waals surface area contributed by atoms with E-state index >= 15 is 0 Å². The lowest BCUT2D eigenvalue weighted by Gasteiger charge is -2.14. The highest BCUT2D eigenvalue weighted by atomic mass is 16.5. The average molecular weight is 258 g/mol. The van der Waals surface area contributed by atoms with Crippen LogP contribution < -0.4 is 10.6 Å². The molecule has 0 saturated carbocycles. The molecule has 1 heterocycles. The topological polar surface area (TPSA) is 87.7 Å². The molecule has 6 nitrogen and oxygen atoms in total. The molecule has 0 aromatic carbocycles. The lowest BCUT2D eigenvalue weighted by Crippen LogP contribution is -2.40. The van der Waals surface area contributed by atoms with E-state index in [1.807, 2.05) is 13.8 Å². The Morgan fingerprint density at radius 3 is 2.72 bits per heavy atom. The summed E-state index contributed by atoms with van der Waals surface area (Å²) in [5.74, 6) is -1.01. The van der Waals surface area contributed by atoms with Crippen molar-refractivity contribution in [1.29, 1.82) is 0 Å². The predicted octanol–water partition coefficient (Wildman–Crippen LogP) is 0.123. The van der Waals surface area contributed by atoms with E-state index < -0.39 is 12.1 Å². The molecular weight excluding hydrogens is 236 g/mol. The molecule has 1 aliphatic rings. The first kappa shape index (κ1) is 14.9. The number of rotatable bonds is 7. The van der Waals surface area contributed by atoms with Crippen LogP contribution in [0.25, 0.3) is 0 Å². The van der Waals surface area contributed by atoms with Crippen molar-refractivity contribution in [2.45, 2.75) is 51.4 Å². The highest BCUT2D eigenvalue weighted by Crippen LogP contribution is 2.18. The Morgan fingerprint density at radius 1 is 1.44 bits per heavy atom. The molecule has 3 unspecified atom stereocenters. The molecule has 0 radical (unpaired) electrons. The second-order valence-electron chi connectivity index (χ2n) is 4.66. The second-order valence-corrected chi connectivity index (χ2v) is 4.66. The van der Waals surface area contributed by atoms with E-state index in [9.17, 15) is 9.59 Å². The molecule has 18 heavy (non-hydrogen) atoms. The van der Waals surface area contributed by atoms with Gasteiger partial charge in [-0.05, 0) is 26.2 Å². The standard InChI is InChI=1S/C12H22N2O4/c1-3-8(2)13-7-11(15)14-6-9-4-5-10(18-9)12(16)17/h8-10,13H,3-7H2,1-2H3,(H,14,15)(H,16,17). The number of hydrogen-bond acceptors (Lipinski definition) is 4. The molecule has 3 atom stereocenters. The van der Waals surface area contributed by atoms with Gasteiger partial charge in [0.1, 0.15) is 0 Å². The van der Waals surface area contributed by atoms with Gasteiger partial charge in [-0.15, -0.1) is 0 Å². The molecule has 3 N–H and O–H groups in total. The van der Waals surface area contributed by atoms with Crippen LogP contribution in [0.4, 0.5) is 0 Å². The first-order chi connectivity index (χ1) is 8.52. The minimum Gasteiger partial charge on any atom is -0.479 e. The summed E-state index contributed by atoms with van der Waals surface area (Å²) in [6.45, 7) is 4.73. The number of carboxylic acid groups (broad SMARTS) is 1. The third kappa shape index (κ3) is 5.01. The van der Waals surface area contributed by atoms with Crippen molar-refractivity contribution < 1.29 is 19.4 Å². The summed E-state index contributed by atoms with van der Waals surface area (Å²) in [6, 6.07) is 0.315. The Labute approximate surface area is 107 Å². The zero-order valence-corrected chi connectivity index (χ0v) is 10.9. The van der Waals surface area contributed by atoms with Gasteiger partial charge in [0.2, 0.25) is 5.91 Å². The van der Waals surface area contributed by atoms with Crippen LogP contribution in [0.15, 0.2) is 0 Å². The van der Waals surface area contributed by atoms with E-state index in [0.717, 1.165) is 6.42 Å². The van der Waals surface area contributed by atoms with Gasteiger partial charge in [-0.1, -0.05) is 6.92 Å². The quantitative estimate of drug-likeness (QED) is 0.604. The molecule has 1 rings (SSSR count). The van der Waals surface area contributed by atoms with Crippen LogP contribution in [0, 0.1) is 0 Å². The fourth-order valence-corrected chi connectivity index (χ4v) is 1.74. The van der Waals surface area contributed by atoms with Gasteiger partial charge in [-0.2, -0.15) is 0 Å². The summed E-state index contributed by atoms with van der Waals surface area (Å²) in [5, 5.41) is 14.6. The summed E-state index contributed by atoms with van der Waals surface area (Å²) in [7, 11) is 0. The second kappa shape index (κ2) is 7.33. The number of carbonyl (C=O) groups excluding carboxylic acids is 1. The van der Waals surface area contributed by atoms with Crippen LogP contribution in [0.5, 0.6) is 0 Å². The monoisotopic (exact) mass is 258 g/mol. The molecule has 0 bridgehead atoms. The van der Waals surface area contributed by atoms with E-state index in [2.05, 4.69) is 10.6 Å². The smallest absolute Gasteiger partial charge is 0.332 e. The number of ether oxygens (including phenoxy) is 1. The molecule has 1 fully saturated rings. The van der Waals surface area contributed by atoms with Crippen LogP contribution in [0.2, 0.25) is 0 Å². The maximum Gasteiger partial charge on any atom is 0.332 e. The Morgan fingerprint density at radius 2 is 2.17 bits per heavy atom. The van der Waals surface area contributed by atoms with Gasteiger partial charge in [0.25, 0.3) is 0 Å². The van der Waals surface area contributed by atoms with Gasteiger partial charge in [0, 0.05) is 12.6 Å². The van der Waals surface area contributed by atoms with Crippen LogP contribution in [-0.4, -0.2) is 48.3 Å². The summed E-state index contributed by atoms with van der Waals surface area (Å²) in [5.41, 5.74) is 0. The first-order valence-electron chi connectivity index (χ1n) is 6.41. The first-order valence-corrected chi connectivity index (χ1v) is 6.41. The van der Waals surface area contributed by atoms with Crippen molar-refractivity contribution in [2.75, 3.05) is 13.1 Å². The van der Waals surface area contributed by atoms with Gasteiger partial charge >= 0.3 is 5.97 Å². The maximum atomic E-state index is 11.5. The predicted molar refractivity (Wildman–Crippen MR) is 66.3 cm³/mol. The molecule has 1 saturated heterocycles. The van der Waals surface area contributed by atoms with Crippen molar-refractivity contribution in [2.24, 2.45) is 0 Å². The van der Waals surface area contributed by atoms with Crippen molar-refractivity contribution in [3.63, 3.8) is 0 Å². The lowest BCUT2D eigenvalue weighted by atomic mass is 10.2. The van der Waals surface area contributed by atoms with Crippen molar-refractivity contribution in [1.82, 2.24) is 10.6 Å². The Balaban J connectivity index is 2.14. The van der Waals surface area contributed by atoms with Gasteiger partial charge < -0.3 is 20.5 Å². The summed E-state index contributed by atoms with van der Waals surface area (Å²) in [6.07, 6.45) is 1.26. The summed E-state index contributed by atoms with van der Waals surface area (Å²) in [4.78, 5) is 22.2. The molecule has 0 aliphatic carbocycles. The van der Waals surface area contributed by atoms with Crippen molar-refractivity contribution >= 4 is 11.9 Å². The van der Waals surface area contributed by atoms with Gasteiger partial charge in [0.15, 0.2) is 6.10 Å². The van der Waals surface area contributed by atoms with E-state index in [0.29, 0.717) is 25.4 Å². The van der Waals surface area contributed by atoms with Crippen molar-refractivity contribution in [3.8, 4) is 0 Å². The third-order valence-electron chi connectivity index (χ3n) is 3.13. The number of carbonyl (C=O) groups is 2. The minimum absolute atomic E-state index is 0.0855. The molecule has 6 heteroatoms. The van der Waals surface area contributed by atoms with Crippen LogP contribution in [0.1, 0.15) is 33.1 Å². The van der Waals surface area contributed by atoms with Crippen LogP contribution in [-0.2, 0) is 14.3 Å². The van der Waals surface area contributed by atoms with Crippen LogP contribution >= 0.6 is 0 Å². The van der Waals surface area contributed by atoms with Crippen LogP contribution in [0.3, 0.4) is 0 Å². The number of hydrogen-bond donors (Lipinski definition) is 3. The van der Waals surface area contributed by atoms with E-state index in [-0.39, 0.29) is 18.6 Å². The highest BCUT2D eigenvalue weighted by Gasteiger charge is 2.30. The molecular formula is C12H22N2O4. The fourth-order valence-electron chi connectivity index (χ4n) is 1.74. The van der Waals surface area contributed by atoms with Gasteiger partial charge in [-0.3, -0.25) is 4.79 Å². The van der Waals surface area contributed by atoms with E-state index in [1.165, 1.54) is 0 Å². The normalized spacial score (nSPS) is 24.8. The lowest BCUT2D eigenvalue weighted by molar-refractivity contribution is -0.149. The Kier molecular flexibility index (Phi) is 6.07. The maximum absolute atomic E-state index is 11.5. The van der Waals surface area contributed by atoms with Gasteiger partial charge in [0.05, 0.1) is 12.6 Å². The van der Waals surface area contributed by atoms with Gasteiger partial charge in [-0.25, -0.2) is 4.79 Å². The minimum atomic E-state index is -0.928. The Hall–Kier alpha value is -1.14. The largest absolute Gasteiger partial charge is 0.479 e. The summed E-state index contributed by atoms with van der Waals surface area (Å²) < 4.78 is 5.29. The number of amides is 1. The van der Waals surface area contributed by atoms with Crippen molar-refractivity contribution in [3.05, 3.63) is 0 Å². The molecule has 1 amide bonds. The molecule has 1 aliphatic heterocycles. The molecule has 104 valence electrons. The number of carboxylic acids is 1. The number of aliphatic carboxylic acids is 1. The molecule has 0 aromatic rings. The number of nitrogens with one attached hydrogen (secondary N) is 2. The zero-order chi connectivity index (χ0) is 13.5.